The second kappa shape index (κ2) is 10.7. The Kier molecular flexibility index (Phi) is 8.02. The van der Waals surface area contributed by atoms with Gasteiger partial charge in [-0.15, -0.1) is 0 Å². The van der Waals surface area contributed by atoms with Gasteiger partial charge in [-0.25, -0.2) is 13.2 Å². The van der Waals surface area contributed by atoms with E-state index in [2.05, 4.69) is 31.2 Å². The van der Waals surface area contributed by atoms with Crippen molar-refractivity contribution in [2.45, 2.75) is 58.0 Å². The van der Waals surface area contributed by atoms with E-state index >= 15 is 0 Å². The summed E-state index contributed by atoms with van der Waals surface area (Å²) in [6, 6.07) is 11.3. The molecule has 2 aromatic rings. The number of rotatable bonds is 9. The fraction of sp³-hybridized carbons (Fsp3) is 0.500. The molecule has 0 N–H and O–H groups in total. The number of hydrogen-bond donors (Lipinski definition) is 0. The highest BCUT2D eigenvalue weighted by molar-refractivity contribution is 5.43. The van der Waals surface area contributed by atoms with Crippen LogP contribution in [0.2, 0.25) is 0 Å². The van der Waals surface area contributed by atoms with Crippen LogP contribution in [0.4, 0.5) is 13.2 Å². The summed E-state index contributed by atoms with van der Waals surface area (Å²) in [6.07, 6.45) is 0.687. The first-order valence-corrected chi connectivity index (χ1v) is 10.6. The van der Waals surface area contributed by atoms with Crippen LogP contribution in [0.15, 0.2) is 36.4 Å². The molecule has 1 aliphatic rings. The lowest BCUT2D eigenvalue weighted by atomic mass is 9.90. The van der Waals surface area contributed by atoms with Gasteiger partial charge < -0.3 is 14.2 Å². The molecule has 0 amide bonds. The molecule has 0 aromatic heterocycles. The van der Waals surface area contributed by atoms with Crippen LogP contribution in [0.1, 0.15) is 62.1 Å². The highest BCUT2D eigenvalue weighted by Crippen LogP contribution is 2.37. The van der Waals surface area contributed by atoms with Crippen molar-refractivity contribution in [1.82, 2.24) is 0 Å². The molecule has 6 heteroatoms. The zero-order valence-corrected chi connectivity index (χ0v) is 17.5. The second-order valence-electron chi connectivity index (χ2n) is 7.56. The normalized spacial score (nSPS) is 19.1. The molecular formula is C24H29F3O3. The van der Waals surface area contributed by atoms with Gasteiger partial charge in [0.1, 0.15) is 12.4 Å². The number of alkyl halides is 2. The molecule has 0 spiro atoms. The van der Waals surface area contributed by atoms with Crippen molar-refractivity contribution in [3.8, 4) is 11.5 Å². The standard InChI is InChI=1S/C24H29F3O3/c1-3-5-16-6-8-17(9-7-16)18-10-11-19(29-14-18)15-30-20-12-13-21(28-4-2)23(25)22(20)24(26)27/h6-9,12-13,18-19,24H,3-5,10-11,14-15H2,1-2H3. The smallest absolute Gasteiger partial charge is 0.270 e. The molecule has 0 bridgehead atoms. The van der Waals surface area contributed by atoms with E-state index in [4.69, 9.17) is 14.2 Å². The van der Waals surface area contributed by atoms with Crippen LogP contribution >= 0.6 is 0 Å². The fourth-order valence-corrected chi connectivity index (χ4v) is 3.78. The molecule has 2 aromatic carbocycles. The first-order chi connectivity index (χ1) is 14.5. The van der Waals surface area contributed by atoms with Crippen molar-refractivity contribution in [3.63, 3.8) is 0 Å². The number of aryl methyl sites for hydroxylation is 1. The summed E-state index contributed by atoms with van der Waals surface area (Å²) in [5.41, 5.74) is 1.83. The van der Waals surface area contributed by atoms with Gasteiger partial charge in [0.25, 0.3) is 6.43 Å². The maximum atomic E-state index is 14.3. The minimum Gasteiger partial charge on any atom is -0.491 e. The molecule has 1 heterocycles. The van der Waals surface area contributed by atoms with Crippen LogP contribution in [0.25, 0.3) is 0 Å². The van der Waals surface area contributed by atoms with Crippen LogP contribution in [0, 0.1) is 5.82 Å². The largest absolute Gasteiger partial charge is 0.491 e. The molecule has 0 saturated carbocycles. The van der Waals surface area contributed by atoms with E-state index in [0.717, 1.165) is 25.7 Å². The maximum absolute atomic E-state index is 14.3. The Morgan fingerprint density at radius 2 is 1.73 bits per heavy atom. The summed E-state index contributed by atoms with van der Waals surface area (Å²) in [4.78, 5) is 0. The Labute approximate surface area is 176 Å². The van der Waals surface area contributed by atoms with E-state index in [9.17, 15) is 13.2 Å². The molecule has 3 nitrogen and oxygen atoms in total. The van der Waals surface area contributed by atoms with Crippen molar-refractivity contribution in [3.05, 3.63) is 58.9 Å². The predicted molar refractivity (Wildman–Crippen MR) is 110 cm³/mol. The average Bonchev–Trinajstić information content (AvgIpc) is 2.75. The van der Waals surface area contributed by atoms with Crippen LogP contribution in [-0.4, -0.2) is 25.9 Å². The van der Waals surface area contributed by atoms with Crippen LogP contribution in [0.5, 0.6) is 11.5 Å². The first kappa shape index (κ1) is 22.5. The molecule has 1 saturated heterocycles. The summed E-state index contributed by atoms with van der Waals surface area (Å²) in [5, 5.41) is 0. The highest BCUT2D eigenvalue weighted by atomic mass is 19.3. The van der Waals surface area contributed by atoms with Gasteiger partial charge in [0.2, 0.25) is 0 Å². The lowest BCUT2D eigenvalue weighted by Gasteiger charge is -2.29. The van der Waals surface area contributed by atoms with E-state index in [0.29, 0.717) is 12.5 Å². The molecule has 0 aliphatic carbocycles. The third-order valence-electron chi connectivity index (χ3n) is 5.41. The van der Waals surface area contributed by atoms with Gasteiger partial charge >= 0.3 is 0 Å². The molecule has 0 radical (unpaired) electrons. The van der Waals surface area contributed by atoms with E-state index in [1.54, 1.807) is 6.92 Å². The minimum atomic E-state index is -2.99. The molecule has 3 rings (SSSR count). The number of halogens is 3. The third kappa shape index (κ3) is 5.48. The second-order valence-corrected chi connectivity index (χ2v) is 7.56. The van der Waals surface area contributed by atoms with Crippen molar-refractivity contribution >= 4 is 0 Å². The third-order valence-corrected chi connectivity index (χ3v) is 5.41. The molecule has 164 valence electrons. The van der Waals surface area contributed by atoms with Gasteiger partial charge in [0.05, 0.1) is 24.9 Å². The molecule has 2 atom stereocenters. The summed E-state index contributed by atoms with van der Waals surface area (Å²) in [7, 11) is 0. The lowest BCUT2D eigenvalue weighted by Crippen LogP contribution is -2.30. The van der Waals surface area contributed by atoms with Gasteiger partial charge in [-0.05, 0) is 49.4 Å². The monoisotopic (exact) mass is 422 g/mol. The topological polar surface area (TPSA) is 27.7 Å². The van der Waals surface area contributed by atoms with Gasteiger partial charge in [-0.2, -0.15) is 0 Å². The highest BCUT2D eigenvalue weighted by Gasteiger charge is 2.26. The zero-order chi connectivity index (χ0) is 21.5. The van der Waals surface area contributed by atoms with Crippen LogP contribution in [-0.2, 0) is 11.2 Å². The Bertz CT molecular complexity index is 800. The Hall–Kier alpha value is -2.21. The zero-order valence-electron chi connectivity index (χ0n) is 17.5. The number of ether oxygens (including phenoxy) is 3. The molecule has 30 heavy (non-hydrogen) atoms. The lowest BCUT2D eigenvalue weighted by molar-refractivity contribution is -0.0220. The van der Waals surface area contributed by atoms with E-state index < -0.39 is 17.8 Å². The summed E-state index contributed by atoms with van der Waals surface area (Å²) in [5.74, 6) is -1.11. The SMILES string of the molecule is CCCc1ccc(C2CCC(COc3ccc(OCC)c(F)c3C(F)F)OC2)cc1. The summed E-state index contributed by atoms with van der Waals surface area (Å²) >= 11 is 0. The van der Waals surface area contributed by atoms with E-state index in [1.807, 2.05) is 0 Å². The summed E-state index contributed by atoms with van der Waals surface area (Å²) in [6.45, 7) is 4.68. The van der Waals surface area contributed by atoms with Gasteiger partial charge in [0, 0.05) is 5.92 Å². The van der Waals surface area contributed by atoms with Gasteiger partial charge in [0.15, 0.2) is 11.6 Å². The molecule has 2 unspecified atom stereocenters. The summed E-state index contributed by atoms with van der Waals surface area (Å²) < 4.78 is 57.6. The van der Waals surface area contributed by atoms with Crippen LogP contribution < -0.4 is 9.47 Å². The Morgan fingerprint density at radius 3 is 2.33 bits per heavy atom. The van der Waals surface area contributed by atoms with Crippen molar-refractivity contribution in [2.24, 2.45) is 0 Å². The van der Waals surface area contributed by atoms with E-state index in [-0.39, 0.29) is 30.8 Å². The van der Waals surface area contributed by atoms with Crippen molar-refractivity contribution < 1.29 is 27.4 Å². The minimum absolute atomic E-state index is 0.106. The molecular weight excluding hydrogens is 393 g/mol. The first-order valence-electron chi connectivity index (χ1n) is 10.6. The average molecular weight is 422 g/mol. The fourth-order valence-electron chi connectivity index (χ4n) is 3.78. The Morgan fingerprint density at radius 1 is 1.00 bits per heavy atom. The van der Waals surface area contributed by atoms with Gasteiger partial charge in [-0.3, -0.25) is 0 Å². The predicted octanol–water partition coefficient (Wildman–Crippen LogP) is 6.46. The van der Waals surface area contributed by atoms with E-state index in [1.165, 1.54) is 23.3 Å². The maximum Gasteiger partial charge on any atom is 0.270 e. The quantitative estimate of drug-likeness (QED) is 0.464. The number of benzene rings is 2. The van der Waals surface area contributed by atoms with Crippen LogP contribution in [0.3, 0.4) is 0 Å². The number of hydrogen-bond acceptors (Lipinski definition) is 3. The Balaban J connectivity index is 1.56. The van der Waals surface area contributed by atoms with Crippen molar-refractivity contribution in [1.29, 1.82) is 0 Å². The van der Waals surface area contributed by atoms with Gasteiger partial charge in [-0.1, -0.05) is 37.6 Å². The van der Waals surface area contributed by atoms with Crippen molar-refractivity contribution in [2.75, 3.05) is 19.8 Å². The molecule has 1 fully saturated rings. The molecule has 1 aliphatic heterocycles.